The van der Waals surface area contributed by atoms with Gasteiger partial charge >= 0.3 is 5.97 Å². The lowest BCUT2D eigenvalue weighted by Crippen LogP contribution is -2.32. The fourth-order valence-corrected chi connectivity index (χ4v) is 2.04. The molecule has 0 saturated carbocycles. The Labute approximate surface area is 123 Å². The molecule has 0 spiro atoms. The highest BCUT2D eigenvalue weighted by molar-refractivity contribution is 5.69. The van der Waals surface area contributed by atoms with E-state index in [0.29, 0.717) is 18.9 Å². The van der Waals surface area contributed by atoms with E-state index in [1.165, 1.54) is 0 Å². The first-order valence-corrected chi connectivity index (χ1v) is 6.89. The molecule has 7 heteroatoms. The third kappa shape index (κ3) is 3.85. The Bertz CT molecular complexity index is 584. The summed E-state index contributed by atoms with van der Waals surface area (Å²) in [5.74, 6) is -0.525. The Kier molecular flexibility index (Phi) is 4.99. The average Bonchev–Trinajstić information content (AvgIpc) is 2.95. The van der Waals surface area contributed by atoms with Gasteiger partial charge in [-0.3, -0.25) is 9.69 Å². The van der Waals surface area contributed by atoms with Crippen molar-refractivity contribution in [3.8, 4) is 5.69 Å². The number of carbonyl (C=O) groups is 1. The summed E-state index contributed by atoms with van der Waals surface area (Å²) < 4.78 is 1.67. The number of hydrogen-bond donors (Lipinski definition) is 1. The minimum atomic E-state index is -0.795. The normalized spacial score (nSPS) is 12.5. The van der Waals surface area contributed by atoms with Crippen molar-refractivity contribution in [2.45, 2.75) is 20.4 Å². The zero-order valence-corrected chi connectivity index (χ0v) is 12.2. The SMILES string of the molecule is CCN(Cc1nnnn1-c1ccccc1)CC(C)C(=O)O. The van der Waals surface area contributed by atoms with E-state index >= 15 is 0 Å². The smallest absolute Gasteiger partial charge is 0.307 e. The van der Waals surface area contributed by atoms with Gasteiger partial charge < -0.3 is 5.11 Å². The van der Waals surface area contributed by atoms with Crippen LogP contribution in [-0.4, -0.2) is 49.3 Å². The lowest BCUT2D eigenvalue weighted by Gasteiger charge is -2.21. The van der Waals surface area contributed by atoms with Gasteiger partial charge in [0, 0.05) is 6.54 Å². The summed E-state index contributed by atoms with van der Waals surface area (Å²) in [5.41, 5.74) is 0.889. The molecule has 0 fully saturated rings. The number of tetrazole rings is 1. The summed E-state index contributed by atoms with van der Waals surface area (Å²) in [4.78, 5) is 13.0. The third-order valence-corrected chi connectivity index (χ3v) is 3.30. The van der Waals surface area contributed by atoms with Gasteiger partial charge in [-0.05, 0) is 29.1 Å². The number of carboxylic acid groups (broad SMARTS) is 1. The highest BCUT2D eigenvalue weighted by atomic mass is 16.4. The first-order chi connectivity index (χ1) is 10.1. The number of aliphatic carboxylic acids is 1. The fraction of sp³-hybridized carbons (Fsp3) is 0.429. The van der Waals surface area contributed by atoms with Crippen molar-refractivity contribution in [2.75, 3.05) is 13.1 Å². The highest BCUT2D eigenvalue weighted by Crippen LogP contribution is 2.10. The highest BCUT2D eigenvalue weighted by Gasteiger charge is 2.18. The van der Waals surface area contributed by atoms with Crippen molar-refractivity contribution in [2.24, 2.45) is 5.92 Å². The molecule has 0 bridgehead atoms. The second-order valence-electron chi connectivity index (χ2n) is 4.91. The summed E-state index contributed by atoms with van der Waals surface area (Å²) in [6.45, 7) is 5.40. The van der Waals surface area contributed by atoms with Gasteiger partial charge in [-0.15, -0.1) is 5.10 Å². The van der Waals surface area contributed by atoms with E-state index in [1.807, 2.05) is 42.2 Å². The summed E-state index contributed by atoms with van der Waals surface area (Å²) >= 11 is 0. The van der Waals surface area contributed by atoms with E-state index < -0.39 is 11.9 Å². The van der Waals surface area contributed by atoms with Crippen molar-refractivity contribution in [1.29, 1.82) is 0 Å². The standard InChI is InChI=1S/C14H19N5O2/c1-3-18(9-11(2)14(20)21)10-13-15-16-17-19(13)12-7-5-4-6-8-12/h4-8,11H,3,9-10H2,1-2H3,(H,20,21). The van der Waals surface area contributed by atoms with Crippen LogP contribution in [0.3, 0.4) is 0 Å². The number of carboxylic acids is 1. The lowest BCUT2D eigenvalue weighted by molar-refractivity contribution is -0.141. The van der Waals surface area contributed by atoms with Crippen molar-refractivity contribution in [1.82, 2.24) is 25.1 Å². The van der Waals surface area contributed by atoms with E-state index in [9.17, 15) is 4.79 Å². The van der Waals surface area contributed by atoms with Gasteiger partial charge in [-0.2, -0.15) is 4.68 Å². The van der Waals surface area contributed by atoms with E-state index in [4.69, 9.17) is 5.11 Å². The van der Waals surface area contributed by atoms with Crippen molar-refractivity contribution in [3.05, 3.63) is 36.2 Å². The minimum Gasteiger partial charge on any atom is -0.481 e. The second-order valence-corrected chi connectivity index (χ2v) is 4.91. The fourth-order valence-electron chi connectivity index (χ4n) is 2.04. The quantitative estimate of drug-likeness (QED) is 0.824. The molecule has 0 amide bonds. The van der Waals surface area contributed by atoms with Crippen LogP contribution >= 0.6 is 0 Å². The van der Waals surface area contributed by atoms with Crippen molar-refractivity contribution >= 4 is 5.97 Å². The molecular weight excluding hydrogens is 270 g/mol. The lowest BCUT2D eigenvalue weighted by atomic mass is 10.1. The number of rotatable bonds is 7. The molecule has 2 aromatic rings. The number of nitrogens with zero attached hydrogens (tertiary/aromatic N) is 5. The minimum absolute atomic E-state index is 0.425. The maximum absolute atomic E-state index is 11.0. The molecule has 1 N–H and O–H groups in total. The Hall–Kier alpha value is -2.28. The third-order valence-electron chi connectivity index (χ3n) is 3.30. The predicted molar refractivity (Wildman–Crippen MR) is 76.9 cm³/mol. The Morgan fingerprint density at radius 3 is 2.71 bits per heavy atom. The van der Waals surface area contributed by atoms with Crippen LogP contribution in [0.1, 0.15) is 19.7 Å². The zero-order valence-electron chi connectivity index (χ0n) is 12.2. The van der Waals surface area contributed by atoms with Gasteiger partial charge in [0.2, 0.25) is 0 Å². The van der Waals surface area contributed by atoms with Gasteiger partial charge in [0.15, 0.2) is 5.82 Å². The van der Waals surface area contributed by atoms with E-state index in [2.05, 4.69) is 15.5 Å². The van der Waals surface area contributed by atoms with Crippen LogP contribution in [-0.2, 0) is 11.3 Å². The average molecular weight is 289 g/mol. The van der Waals surface area contributed by atoms with Crippen LogP contribution in [0.4, 0.5) is 0 Å². The molecule has 1 heterocycles. The van der Waals surface area contributed by atoms with Gasteiger partial charge in [-0.25, -0.2) is 0 Å². The summed E-state index contributed by atoms with van der Waals surface area (Å²) in [5, 5.41) is 20.8. The molecule has 7 nitrogen and oxygen atoms in total. The van der Waals surface area contributed by atoms with Crippen LogP contribution in [0.25, 0.3) is 5.69 Å². The monoisotopic (exact) mass is 289 g/mol. The van der Waals surface area contributed by atoms with Crippen molar-refractivity contribution < 1.29 is 9.90 Å². The van der Waals surface area contributed by atoms with E-state index in [-0.39, 0.29) is 0 Å². The molecule has 0 aliphatic rings. The molecule has 0 saturated heterocycles. The number of para-hydroxylation sites is 1. The topological polar surface area (TPSA) is 84.1 Å². The van der Waals surface area contributed by atoms with Crippen LogP contribution in [0.15, 0.2) is 30.3 Å². The summed E-state index contributed by atoms with van der Waals surface area (Å²) in [6.07, 6.45) is 0. The van der Waals surface area contributed by atoms with Crippen LogP contribution in [0.2, 0.25) is 0 Å². The summed E-state index contributed by atoms with van der Waals surface area (Å²) in [7, 11) is 0. The zero-order chi connectivity index (χ0) is 15.2. The molecule has 1 aromatic carbocycles. The van der Waals surface area contributed by atoms with Crippen LogP contribution in [0, 0.1) is 5.92 Å². The largest absolute Gasteiger partial charge is 0.481 e. The van der Waals surface area contributed by atoms with Crippen LogP contribution in [0.5, 0.6) is 0 Å². The van der Waals surface area contributed by atoms with Gasteiger partial charge in [0.1, 0.15) is 0 Å². The summed E-state index contributed by atoms with van der Waals surface area (Å²) in [6, 6.07) is 9.63. The van der Waals surface area contributed by atoms with Crippen molar-refractivity contribution in [3.63, 3.8) is 0 Å². The Morgan fingerprint density at radius 1 is 1.38 bits per heavy atom. The van der Waals surface area contributed by atoms with E-state index in [1.54, 1.807) is 11.6 Å². The number of benzene rings is 1. The van der Waals surface area contributed by atoms with Gasteiger partial charge in [0.05, 0.1) is 18.2 Å². The Balaban J connectivity index is 2.12. The molecule has 0 aliphatic heterocycles. The Morgan fingerprint density at radius 2 is 2.10 bits per heavy atom. The molecule has 1 unspecified atom stereocenters. The molecule has 0 radical (unpaired) electrons. The van der Waals surface area contributed by atoms with Crippen LogP contribution < -0.4 is 0 Å². The first-order valence-electron chi connectivity index (χ1n) is 6.89. The van der Waals surface area contributed by atoms with E-state index in [0.717, 1.165) is 12.2 Å². The second kappa shape index (κ2) is 6.94. The maximum atomic E-state index is 11.0. The predicted octanol–water partition coefficient (Wildman–Crippen LogP) is 1.20. The number of hydrogen-bond acceptors (Lipinski definition) is 5. The van der Waals surface area contributed by atoms with Gasteiger partial charge in [-0.1, -0.05) is 32.0 Å². The number of aromatic nitrogens is 4. The molecule has 0 aliphatic carbocycles. The first kappa shape index (κ1) is 15.1. The maximum Gasteiger partial charge on any atom is 0.307 e. The molecular formula is C14H19N5O2. The molecule has 2 rings (SSSR count). The van der Waals surface area contributed by atoms with Gasteiger partial charge in [0.25, 0.3) is 0 Å². The molecule has 1 atom stereocenters. The molecule has 112 valence electrons. The molecule has 21 heavy (non-hydrogen) atoms. The molecule has 1 aromatic heterocycles.